The molecule has 0 saturated carbocycles. The van der Waals surface area contributed by atoms with Gasteiger partial charge in [-0.1, -0.05) is 15.9 Å². The lowest BCUT2D eigenvalue weighted by molar-refractivity contribution is -0.0617. The van der Waals surface area contributed by atoms with Gasteiger partial charge in [0.1, 0.15) is 5.75 Å². The number of hydrogen-bond acceptors (Lipinski definition) is 4. The van der Waals surface area contributed by atoms with Crippen molar-refractivity contribution in [3.05, 3.63) is 26.6 Å². The molecule has 6 heteroatoms. The number of halogens is 2. The number of ether oxygens (including phenoxy) is 2. The molecule has 1 heterocycles. The highest BCUT2D eigenvalue weighted by Gasteiger charge is 2.29. The molecule has 0 spiro atoms. The van der Waals surface area contributed by atoms with Crippen molar-refractivity contribution in [3.8, 4) is 5.75 Å². The summed E-state index contributed by atoms with van der Waals surface area (Å²) in [4.78, 5) is 0. The highest BCUT2D eigenvalue weighted by atomic mass is 79.9. The molecule has 0 atom stereocenters. The zero-order valence-electron chi connectivity index (χ0n) is 12.1. The van der Waals surface area contributed by atoms with E-state index in [1.54, 1.807) is 0 Å². The molecule has 0 radical (unpaired) electrons. The lowest BCUT2D eigenvalue weighted by Crippen LogP contribution is -2.44. The fourth-order valence-electron chi connectivity index (χ4n) is 2.41. The summed E-state index contributed by atoms with van der Waals surface area (Å²) >= 11 is 7.03. The molecule has 0 aliphatic carbocycles. The highest BCUT2D eigenvalue weighted by Crippen LogP contribution is 2.33. The highest BCUT2D eigenvalue weighted by molar-refractivity contribution is 9.11. The van der Waals surface area contributed by atoms with Crippen LogP contribution in [0.25, 0.3) is 0 Å². The average molecular weight is 423 g/mol. The van der Waals surface area contributed by atoms with Gasteiger partial charge in [0, 0.05) is 49.2 Å². The first-order valence-corrected chi connectivity index (χ1v) is 8.74. The average Bonchev–Trinajstić information content (AvgIpc) is 2.43. The molecule has 2 rings (SSSR count). The van der Waals surface area contributed by atoms with Crippen LogP contribution < -0.4 is 10.1 Å². The fourth-order valence-corrected chi connectivity index (χ4v) is 3.84. The van der Waals surface area contributed by atoms with Gasteiger partial charge in [-0.15, -0.1) is 0 Å². The molecule has 2 N–H and O–H groups in total. The summed E-state index contributed by atoms with van der Waals surface area (Å²) in [7, 11) is 0. The topological polar surface area (TPSA) is 50.7 Å². The molecule has 1 saturated heterocycles. The first kappa shape index (κ1) is 17.2. The normalized spacial score (nSPS) is 17.7. The molecule has 4 nitrogen and oxygen atoms in total. The van der Waals surface area contributed by atoms with Crippen LogP contribution in [-0.4, -0.2) is 37.1 Å². The van der Waals surface area contributed by atoms with Crippen molar-refractivity contribution in [1.82, 2.24) is 5.32 Å². The molecule has 1 aromatic carbocycles. The van der Waals surface area contributed by atoms with Crippen LogP contribution >= 0.6 is 31.9 Å². The maximum Gasteiger partial charge on any atom is 0.138 e. The Morgan fingerprint density at radius 3 is 2.71 bits per heavy atom. The summed E-state index contributed by atoms with van der Waals surface area (Å²) in [6.07, 6.45) is 1.36. The summed E-state index contributed by atoms with van der Waals surface area (Å²) in [6, 6.07) is 4.01. The Morgan fingerprint density at radius 2 is 2.05 bits per heavy atom. The Hall–Kier alpha value is -0.140. The van der Waals surface area contributed by atoms with Crippen LogP contribution in [0.3, 0.4) is 0 Å². The van der Waals surface area contributed by atoms with Gasteiger partial charge in [-0.05, 0) is 35.0 Å². The van der Waals surface area contributed by atoms with Crippen molar-refractivity contribution in [2.75, 3.05) is 26.4 Å². The van der Waals surface area contributed by atoms with Crippen LogP contribution in [0.1, 0.15) is 25.3 Å². The molecule has 1 aromatic rings. The molecular weight excluding hydrogens is 402 g/mol. The number of nitrogens with one attached hydrogen (secondary N) is 1. The Balaban J connectivity index is 1.98. The molecule has 0 aromatic heterocycles. The number of rotatable bonds is 6. The summed E-state index contributed by atoms with van der Waals surface area (Å²) in [6.45, 7) is 5.06. The van der Waals surface area contributed by atoms with E-state index in [-0.39, 0.29) is 0 Å². The maximum atomic E-state index is 10.4. The standard InChI is InChI=1S/C15H21Br2NO3/c1-2-21-14-11(7-12(16)8-13(14)17)9-18-10-15(19)3-5-20-6-4-15/h7-8,18-19H,2-6,9-10H2,1H3. The molecule has 0 unspecified atom stereocenters. The van der Waals surface area contributed by atoms with E-state index < -0.39 is 5.60 Å². The lowest BCUT2D eigenvalue weighted by atomic mass is 9.94. The van der Waals surface area contributed by atoms with E-state index in [0.29, 0.717) is 45.8 Å². The largest absolute Gasteiger partial charge is 0.492 e. The second kappa shape index (κ2) is 7.92. The van der Waals surface area contributed by atoms with Crippen molar-refractivity contribution >= 4 is 31.9 Å². The van der Waals surface area contributed by atoms with Crippen LogP contribution in [0.15, 0.2) is 21.1 Å². The Morgan fingerprint density at radius 1 is 1.33 bits per heavy atom. The third-order valence-corrected chi connectivity index (χ3v) is 4.61. The second-order valence-electron chi connectivity index (χ2n) is 5.25. The molecule has 1 fully saturated rings. The minimum atomic E-state index is -0.659. The second-order valence-corrected chi connectivity index (χ2v) is 7.02. The van der Waals surface area contributed by atoms with Crippen molar-refractivity contribution < 1.29 is 14.6 Å². The Labute approximate surface area is 142 Å². The van der Waals surface area contributed by atoms with Crippen molar-refractivity contribution in [2.24, 2.45) is 0 Å². The van der Waals surface area contributed by atoms with E-state index in [1.807, 2.05) is 19.1 Å². The van der Waals surface area contributed by atoms with Gasteiger partial charge in [-0.25, -0.2) is 0 Å². The van der Waals surface area contributed by atoms with E-state index in [0.717, 1.165) is 20.3 Å². The molecule has 1 aliphatic rings. The minimum Gasteiger partial charge on any atom is -0.492 e. The molecular formula is C15H21Br2NO3. The molecule has 1 aliphatic heterocycles. The van der Waals surface area contributed by atoms with E-state index in [1.165, 1.54) is 0 Å². The first-order valence-electron chi connectivity index (χ1n) is 7.15. The zero-order chi connectivity index (χ0) is 15.3. The van der Waals surface area contributed by atoms with Crippen LogP contribution in [0.2, 0.25) is 0 Å². The van der Waals surface area contributed by atoms with Gasteiger partial charge in [-0.3, -0.25) is 0 Å². The molecule has 21 heavy (non-hydrogen) atoms. The van der Waals surface area contributed by atoms with E-state index in [9.17, 15) is 5.11 Å². The van der Waals surface area contributed by atoms with Crippen molar-refractivity contribution in [1.29, 1.82) is 0 Å². The van der Waals surface area contributed by atoms with Gasteiger partial charge in [0.15, 0.2) is 0 Å². The number of hydrogen-bond donors (Lipinski definition) is 2. The van der Waals surface area contributed by atoms with Gasteiger partial charge in [0.25, 0.3) is 0 Å². The number of aliphatic hydroxyl groups is 1. The molecule has 0 amide bonds. The Bertz CT molecular complexity index is 476. The monoisotopic (exact) mass is 421 g/mol. The van der Waals surface area contributed by atoms with Gasteiger partial charge in [-0.2, -0.15) is 0 Å². The smallest absolute Gasteiger partial charge is 0.138 e. The third kappa shape index (κ3) is 4.93. The van der Waals surface area contributed by atoms with Crippen LogP contribution in [0, 0.1) is 0 Å². The van der Waals surface area contributed by atoms with Gasteiger partial charge < -0.3 is 19.9 Å². The fraction of sp³-hybridized carbons (Fsp3) is 0.600. The third-order valence-electron chi connectivity index (χ3n) is 3.57. The molecule has 118 valence electrons. The van der Waals surface area contributed by atoms with Crippen LogP contribution in [0.5, 0.6) is 5.75 Å². The maximum absolute atomic E-state index is 10.4. The predicted octanol–water partition coefficient (Wildman–Crippen LogP) is 3.24. The van der Waals surface area contributed by atoms with Crippen molar-refractivity contribution in [3.63, 3.8) is 0 Å². The predicted molar refractivity (Wildman–Crippen MR) is 89.7 cm³/mol. The summed E-state index contributed by atoms with van der Waals surface area (Å²) in [5.41, 5.74) is 0.404. The summed E-state index contributed by atoms with van der Waals surface area (Å²) < 4.78 is 12.9. The first-order chi connectivity index (χ1) is 10.0. The quantitative estimate of drug-likeness (QED) is 0.738. The van der Waals surface area contributed by atoms with E-state index >= 15 is 0 Å². The summed E-state index contributed by atoms with van der Waals surface area (Å²) in [5.74, 6) is 0.854. The van der Waals surface area contributed by atoms with E-state index in [4.69, 9.17) is 9.47 Å². The van der Waals surface area contributed by atoms with Crippen molar-refractivity contribution in [2.45, 2.75) is 31.9 Å². The minimum absolute atomic E-state index is 0.562. The Kier molecular flexibility index (Phi) is 6.50. The van der Waals surface area contributed by atoms with Gasteiger partial charge in [0.2, 0.25) is 0 Å². The number of benzene rings is 1. The van der Waals surface area contributed by atoms with Crippen LogP contribution in [0.4, 0.5) is 0 Å². The van der Waals surface area contributed by atoms with Gasteiger partial charge >= 0.3 is 0 Å². The molecule has 0 bridgehead atoms. The SMILES string of the molecule is CCOc1c(Br)cc(Br)cc1CNCC1(O)CCOCC1. The van der Waals surface area contributed by atoms with Crippen LogP contribution in [-0.2, 0) is 11.3 Å². The summed E-state index contributed by atoms with van der Waals surface area (Å²) in [5, 5.41) is 13.8. The zero-order valence-corrected chi connectivity index (χ0v) is 15.3. The van der Waals surface area contributed by atoms with E-state index in [2.05, 4.69) is 37.2 Å². The van der Waals surface area contributed by atoms with Gasteiger partial charge in [0.05, 0.1) is 16.7 Å². The lowest BCUT2D eigenvalue weighted by Gasteiger charge is -2.32.